The number of nitrogens with zero attached hydrogens (tertiary/aromatic N) is 2. The van der Waals surface area contributed by atoms with Crippen LogP contribution in [0.1, 0.15) is 26.2 Å². The van der Waals surface area contributed by atoms with Crippen LogP contribution in [-0.2, 0) is 14.3 Å². The molecule has 132 valence electrons. The quantitative estimate of drug-likeness (QED) is 0.766. The minimum absolute atomic E-state index is 0.00443. The number of ether oxygens (including phenoxy) is 2. The van der Waals surface area contributed by atoms with E-state index in [0.717, 1.165) is 24.9 Å². The van der Waals surface area contributed by atoms with Gasteiger partial charge in [-0.1, -0.05) is 31.9 Å². The van der Waals surface area contributed by atoms with E-state index in [4.69, 9.17) is 9.47 Å². The number of anilines is 1. The van der Waals surface area contributed by atoms with Gasteiger partial charge in [-0.2, -0.15) is 0 Å². The van der Waals surface area contributed by atoms with E-state index in [1.807, 2.05) is 24.3 Å². The average molecular weight is 334 g/mol. The summed E-state index contributed by atoms with van der Waals surface area (Å²) >= 11 is 0. The zero-order valence-electron chi connectivity index (χ0n) is 14.7. The predicted molar refractivity (Wildman–Crippen MR) is 92.2 cm³/mol. The molecule has 1 aliphatic rings. The van der Waals surface area contributed by atoms with E-state index >= 15 is 0 Å². The lowest BCUT2D eigenvalue weighted by molar-refractivity contribution is -0.143. The first kappa shape index (κ1) is 18.3. The molecule has 0 saturated carbocycles. The number of benzene rings is 1. The second-order valence-corrected chi connectivity index (χ2v) is 5.93. The van der Waals surface area contributed by atoms with Crippen LogP contribution in [0.15, 0.2) is 24.3 Å². The van der Waals surface area contributed by atoms with Gasteiger partial charge in [0.25, 0.3) is 0 Å². The van der Waals surface area contributed by atoms with Gasteiger partial charge in [0.05, 0.1) is 18.8 Å². The first-order valence-electron chi connectivity index (χ1n) is 8.34. The number of piperazine rings is 1. The van der Waals surface area contributed by atoms with Gasteiger partial charge in [0, 0.05) is 13.7 Å². The van der Waals surface area contributed by atoms with Gasteiger partial charge in [0.2, 0.25) is 11.8 Å². The fraction of sp³-hybridized carbons (Fsp3) is 0.556. The maximum absolute atomic E-state index is 12.6. The molecule has 6 nitrogen and oxygen atoms in total. The molecular weight excluding hydrogens is 308 g/mol. The van der Waals surface area contributed by atoms with Crippen molar-refractivity contribution in [3.8, 4) is 5.75 Å². The van der Waals surface area contributed by atoms with Gasteiger partial charge in [-0.15, -0.1) is 0 Å². The van der Waals surface area contributed by atoms with Gasteiger partial charge >= 0.3 is 0 Å². The molecule has 1 fully saturated rings. The smallest absolute Gasteiger partial charge is 0.249 e. The van der Waals surface area contributed by atoms with Gasteiger partial charge in [-0.3, -0.25) is 9.59 Å². The molecule has 6 heteroatoms. The Morgan fingerprint density at radius 1 is 1.29 bits per heavy atom. The Morgan fingerprint density at radius 3 is 2.71 bits per heavy atom. The normalized spacial score (nSPS) is 18.0. The number of carbonyl (C=O) groups excluding carboxylic acids is 2. The Morgan fingerprint density at radius 2 is 2.04 bits per heavy atom. The molecule has 0 unspecified atom stereocenters. The standard InChI is InChI=1S/C18H26N2O4/c1-4-5-8-14-11-20(15-9-6-7-10-16(15)24-3)17(21)12-19(14)18(22)13-23-2/h6-7,9-10,14H,4-5,8,11-13H2,1-3H3/t14-/m0/s1. The van der Waals surface area contributed by atoms with Crippen LogP contribution in [0.4, 0.5) is 5.69 Å². The molecule has 0 N–H and O–H groups in total. The number of unbranched alkanes of at least 4 members (excludes halogenated alkanes) is 1. The molecule has 1 aromatic carbocycles. The van der Waals surface area contributed by atoms with E-state index in [1.165, 1.54) is 7.11 Å². The third-order valence-corrected chi connectivity index (χ3v) is 4.30. The number of amides is 2. The summed E-state index contributed by atoms with van der Waals surface area (Å²) in [5.41, 5.74) is 0.755. The highest BCUT2D eigenvalue weighted by molar-refractivity contribution is 5.99. The lowest BCUT2D eigenvalue weighted by Crippen LogP contribution is -2.58. The van der Waals surface area contributed by atoms with Crippen molar-refractivity contribution in [1.29, 1.82) is 0 Å². The fourth-order valence-corrected chi connectivity index (χ4v) is 3.04. The number of rotatable bonds is 7. The number of carbonyl (C=O) groups is 2. The second-order valence-electron chi connectivity index (χ2n) is 5.93. The van der Waals surface area contributed by atoms with E-state index < -0.39 is 0 Å². The Hall–Kier alpha value is -2.08. The van der Waals surface area contributed by atoms with Crippen LogP contribution in [-0.4, -0.2) is 56.7 Å². The summed E-state index contributed by atoms with van der Waals surface area (Å²) < 4.78 is 10.3. The van der Waals surface area contributed by atoms with Crippen molar-refractivity contribution in [2.24, 2.45) is 0 Å². The molecule has 0 spiro atoms. The molecule has 1 heterocycles. The molecule has 0 aromatic heterocycles. The maximum atomic E-state index is 12.6. The predicted octanol–water partition coefficient (Wildman–Crippen LogP) is 2.08. The zero-order chi connectivity index (χ0) is 17.5. The highest BCUT2D eigenvalue weighted by Gasteiger charge is 2.35. The number of methoxy groups -OCH3 is 2. The van der Waals surface area contributed by atoms with Gasteiger partial charge in [0.15, 0.2) is 0 Å². The van der Waals surface area contributed by atoms with E-state index in [-0.39, 0.29) is 31.0 Å². The Balaban J connectivity index is 2.24. The Bertz CT molecular complexity index is 576. The summed E-state index contributed by atoms with van der Waals surface area (Å²) in [4.78, 5) is 28.3. The van der Waals surface area contributed by atoms with E-state index in [9.17, 15) is 9.59 Å². The molecule has 1 atom stereocenters. The van der Waals surface area contributed by atoms with Crippen molar-refractivity contribution in [3.05, 3.63) is 24.3 Å². The monoisotopic (exact) mass is 334 g/mol. The Kier molecular flexibility index (Phi) is 6.61. The van der Waals surface area contributed by atoms with E-state index in [1.54, 1.807) is 16.9 Å². The van der Waals surface area contributed by atoms with Crippen LogP contribution in [0.2, 0.25) is 0 Å². The van der Waals surface area contributed by atoms with Crippen LogP contribution >= 0.6 is 0 Å². The summed E-state index contributed by atoms with van der Waals surface area (Å²) in [6, 6.07) is 7.47. The van der Waals surface area contributed by atoms with Crippen molar-refractivity contribution < 1.29 is 19.1 Å². The van der Waals surface area contributed by atoms with Crippen LogP contribution in [0.3, 0.4) is 0 Å². The minimum Gasteiger partial charge on any atom is -0.495 e. The van der Waals surface area contributed by atoms with E-state index in [0.29, 0.717) is 12.3 Å². The molecular formula is C18H26N2O4. The highest BCUT2D eigenvalue weighted by atomic mass is 16.5. The summed E-state index contributed by atoms with van der Waals surface area (Å²) in [7, 11) is 3.09. The van der Waals surface area contributed by atoms with Gasteiger partial charge < -0.3 is 19.3 Å². The maximum Gasteiger partial charge on any atom is 0.249 e. The van der Waals surface area contributed by atoms with Crippen molar-refractivity contribution in [1.82, 2.24) is 4.90 Å². The van der Waals surface area contributed by atoms with Crippen molar-refractivity contribution in [3.63, 3.8) is 0 Å². The molecule has 1 saturated heterocycles. The van der Waals surface area contributed by atoms with Crippen LogP contribution in [0, 0.1) is 0 Å². The lowest BCUT2D eigenvalue weighted by atomic mass is 10.0. The van der Waals surface area contributed by atoms with Crippen LogP contribution in [0.25, 0.3) is 0 Å². The molecule has 1 aliphatic heterocycles. The molecule has 24 heavy (non-hydrogen) atoms. The van der Waals surface area contributed by atoms with Gasteiger partial charge in [-0.05, 0) is 18.6 Å². The molecule has 0 radical (unpaired) electrons. The summed E-state index contributed by atoms with van der Waals surface area (Å²) in [6.45, 7) is 2.68. The van der Waals surface area contributed by atoms with Crippen molar-refractivity contribution >= 4 is 17.5 Å². The molecule has 0 aliphatic carbocycles. The topological polar surface area (TPSA) is 59.1 Å². The second kappa shape index (κ2) is 8.68. The summed E-state index contributed by atoms with van der Waals surface area (Å²) in [6.07, 6.45) is 2.92. The molecule has 2 rings (SSSR count). The third kappa shape index (κ3) is 4.06. The third-order valence-electron chi connectivity index (χ3n) is 4.30. The Labute approximate surface area is 143 Å². The summed E-state index contributed by atoms with van der Waals surface area (Å²) in [5, 5.41) is 0. The van der Waals surface area contributed by atoms with Gasteiger partial charge in [0.1, 0.15) is 18.9 Å². The zero-order valence-corrected chi connectivity index (χ0v) is 14.7. The average Bonchev–Trinajstić information content (AvgIpc) is 2.60. The number of para-hydroxylation sites is 2. The molecule has 0 bridgehead atoms. The fourth-order valence-electron chi connectivity index (χ4n) is 3.04. The first-order chi connectivity index (χ1) is 11.6. The SMILES string of the molecule is CCCC[C@H]1CN(c2ccccc2OC)C(=O)CN1C(=O)COC. The molecule has 2 amide bonds. The van der Waals surface area contributed by atoms with Crippen LogP contribution < -0.4 is 9.64 Å². The minimum atomic E-state index is -0.133. The number of hydrogen-bond donors (Lipinski definition) is 0. The largest absolute Gasteiger partial charge is 0.495 e. The molecule has 1 aromatic rings. The van der Waals surface area contributed by atoms with E-state index in [2.05, 4.69) is 6.92 Å². The lowest BCUT2D eigenvalue weighted by Gasteiger charge is -2.41. The highest BCUT2D eigenvalue weighted by Crippen LogP contribution is 2.30. The van der Waals surface area contributed by atoms with Gasteiger partial charge in [-0.25, -0.2) is 0 Å². The van der Waals surface area contributed by atoms with Crippen molar-refractivity contribution in [2.45, 2.75) is 32.2 Å². The van der Waals surface area contributed by atoms with Crippen LogP contribution in [0.5, 0.6) is 5.75 Å². The first-order valence-corrected chi connectivity index (χ1v) is 8.34. The van der Waals surface area contributed by atoms with Crippen molar-refractivity contribution in [2.75, 3.05) is 38.8 Å². The number of hydrogen-bond acceptors (Lipinski definition) is 4. The summed E-state index contributed by atoms with van der Waals surface area (Å²) in [5.74, 6) is 0.431.